The number of amides is 1. The van der Waals surface area contributed by atoms with Crippen LogP contribution in [0.15, 0.2) is 139 Å². The predicted octanol–water partition coefficient (Wildman–Crippen LogP) is 11.9. The van der Waals surface area contributed by atoms with Crippen molar-refractivity contribution in [1.82, 2.24) is 4.90 Å². The minimum absolute atomic E-state index is 0.00683. The van der Waals surface area contributed by atoms with Crippen LogP contribution >= 0.6 is 0 Å². The zero-order valence-corrected chi connectivity index (χ0v) is 38.6. The highest BCUT2D eigenvalue weighted by Crippen LogP contribution is 2.62. The number of aliphatic hydroxyl groups excluding tert-OH is 2. The average Bonchev–Trinajstić information content (AvgIpc) is 3.31. The van der Waals surface area contributed by atoms with Gasteiger partial charge in [-0.05, 0) is 129 Å². The quantitative estimate of drug-likeness (QED) is 0.0482. The molecule has 1 saturated carbocycles. The Morgan fingerprint density at radius 2 is 1.59 bits per heavy atom. The lowest BCUT2D eigenvalue weighted by Gasteiger charge is -2.60. The minimum Gasteiger partial charge on any atom is -0.459 e. The van der Waals surface area contributed by atoms with Gasteiger partial charge in [0.2, 0.25) is 5.79 Å². The number of oxime groups is 1. The molecule has 4 aromatic rings. The summed E-state index contributed by atoms with van der Waals surface area (Å²) in [6.45, 7) is 14.1. The molecule has 4 aromatic carbocycles. The highest BCUT2D eigenvalue weighted by molar-refractivity contribution is 6.03. The molecule has 1 fully saturated rings. The number of allylic oxidation sites excluding steroid dienone is 1. The topological polar surface area (TPSA) is 119 Å². The van der Waals surface area contributed by atoms with Crippen molar-refractivity contribution < 1.29 is 43.2 Å². The van der Waals surface area contributed by atoms with Gasteiger partial charge in [-0.15, -0.1) is 13.2 Å². The lowest BCUT2D eigenvalue weighted by atomic mass is 9.55. The van der Waals surface area contributed by atoms with E-state index in [0.717, 1.165) is 47.9 Å². The molecule has 0 spiro atoms. The molecular weight excluding hydrogens is 836 g/mol. The van der Waals surface area contributed by atoms with Gasteiger partial charge < -0.3 is 34.0 Å². The molecule has 6 unspecified atom stereocenters. The molecule has 66 heavy (non-hydrogen) atoms. The third kappa shape index (κ3) is 11.3. The largest absolute Gasteiger partial charge is 0.459 e. The van der Waals surface area contributed by atoms with Gasteiger partial charge in [0.1, 0.15) is 34.7 Å². The average molecular weight is 901 g/mol. The van der Waals surface area contributed by atoms with Crippen molar-refractivity contribution in [3.63, 3.8) is 0 Å². The van der Waals surface area contributed by atoms with Crippen LogP contribution in [-0.2, 0) is 20.9 Å². The van der Waals surface area contributed by atoms with Crippen molar-refractivity contribution in [2.24, 2.45) is 22.9 Å². The summed E-state index contributed by atoms with van der Waals surface area (Å²) >= 11 is 0. The number of aliphatic hydroxyl groups is 2. The van der Waals surface area contributed by atoms with Crippen LogP contribution in [0.5, 0.6) is 17.2 Å². The number of rotatable bonds is 21. The summed E-state index contributed by atoms with van der Waals surface area (Å²) < 4.78 is 41.4. The summed E-state index contributed by atoms with van der Waals surface area (Å²) in [5, 5.41) is 24.9. The molecule has 11 heteroatoms. The number of halogens is 1. The molecular formula is C55H65FN2O8. The Hall–Kier alpha value is -5.75. The van der Waals surface area contributed by atoms with Crippen LogP contribution in [0.2, 0.25) is 0 Å². The molecule has 7 rings (SSSR count). The molecule has 350 valence electrons. The summed E-state index contributed by atoms with van der Waals surface area (Å²) in [4.78, 5) is 22.6. The molecule has 0 bridgehead atoms. The molecule has 3 aliphatic rings. The maximum atomic E-state index is 14.7. The van der Waals surface area contributed by atoms with E-state index in [1.54, 1.807) is 29.2 Å². The number of nitrogens with zero attached hydrogens (tertiary/aromatic N) is 2. The predicted molar refractivity (Wildman–Crippen MR) is 256 cm³/mol. The van der Waals surface area contributed by atoms with E-state index in [2.05, 4.69) is 37.4 Å². The number of benzene rings is 4. The van der Waals surface area contributed by atoms with Gasteiger partial charge in [-0.2, -0.15) is 0 Å². The number of carbonyl (C=O) groups is 1. The van der Waals surface area contributed by atoms with Crippen molar-refractivity contribution in [2.75, 3.05) is 26.4 Å². The first kappa shape index (κ1) is 48.2. The molecule has 6 atom stereocenters. The first-order chi connectivity index (χ1) is 32.0. The van der Waals surface area contributed by atoms with E-state index >= 15 is 0 Å². The third-order valence-electron chi connectivity index (χ3n) is 12.7. The zero-order chi connectivity index (χ0) is 46.7. The van der Waals surface area contributed by atoms with Crippen LogP contribution in [0, 0.1) is 23.6 Å². The Labute approximate surface area is 389 Å². The number of ether oxygens (including phenoxy) is 4. The minimum atomic E-state index is -1.52. The lowest BCUT2D eigenvalue weighted by molar-refractivity contribution is -0.256. The monoisotopic (exact) mass is 900 g/mol. The van der Waals surface area contributed by atoms with Gasteiger partial charge in [0, 0.05) is 37.7 Å². The van der Waals surface area contributed by atoms with E-state index in [4.69, 9.17) is 28.9 Å². The number of hydrogen-bond acceptors (Lipinski definition) is 9. The standard InChI is InChI=1S/C55H65FN2O8/c1-6-8-33-62-53(61)58(37-38-20-24-42(56)25-21-38)50-36-48(57-66-54(3,4)5)46-34-41(18-12-14-30-59)45(19-13-15-31-60)51-47-35-44(28-29-49(47)65-55(50,52(46)51)63-32-7-2)64-43-26-22-40(23-27-43)39-16-10-9-11-17-39/h6-7,9-11,16-17,20-29,34-35,41,45,50-52,59-60H,1-2,8,12-15,18-19,30-33,36-37H2,3-5H3. The highest BCUT2D eigenvalue weighted by atomic mass is 19.1. The summed E-state index contributed by atoms with van der Waals surface area (Å²) in [7, 11) is 0. The van der Waals surface area contributed by atoms with E-state index in [0.29, 0.717) is 47.8 Å². The van der Waals surface area contributed by atoms with Crippen molar-refractivity contribution in [3.05, 3.63) is 151 Å². The van der Waals surface area contributed by atoms with Crippen LogP contribution < -0.4 is 9.47 Å². The van der Waals surface area contributed by atoms with Crippen molar-refractivity contribution >= 4 is 11.8 Å². The number of fused-ring (bicyclic) bond motifs is 2. The number of unbranched alkanes of at least 4 members (excludes halogenated alkanes) is 2. The molecule has 10 nitrogen and oxygen atoms in total. The Morgan fingerprint density at radius 3 is 2.27 bits per heavy atom. The van der Waals surface area contributed by atoms with Gasteiger partial charge in [0.05, 0.1) is 24.8 Å². The Bertz CT molecular complexity index is 2310. The number of carbonyl (C=O) groups excluding carboxylic acids is 1. The zero-order valence-electron chi connectivity index (χ0n) is 38.6. The summed E-state index contributed by atoms with van der Waals surface area (Å²) in [5.41, 5.74) is 4.73. The summed E-state index contributed by atoms with van der Waals surface area (Å²) in [6.07, 6.45) is 10.2. The van der Waals surface area contributed by atoms with Crippen molar-refractivity contribution in [3.8, 4) is 28.4 Å². The second-order valence-corrected chi connectivity index (χ2v) is 18.4. The Kier molecular flexibility index (Phi) is 16.2. The Morgan fingerprint density at radius 1 is 0.894 bits per heavy atom. The lowest BCUT2D eigenvalue weighted by Crippen LogP contribution is -2.70. The Balaban J connectivity index is 1.43. The third-order valence-corrected chi connectivity index (χ3v) is 12.7. The van der Waals surface area contributed by atoms with E-state index in [1.807, 2.05) is 75.4 Å². The van der Waals surface area contributed by atoms with Crippen LogP contribution in [0.1, 0.15) is 89.2 Å². The van der Waals surface area contributed by atoms with Gasteiger partial charge in [-0.3, -0.25) is 4.90 Å². The molecule has 0 radical (unpaired) electrons. The van der Waals surface area contributed by atoms with E-state index in [9.17, 15) is 19.4 Å². The molecule has 1 aliphatic heterocycles. The summed E-state index contributed by atoms with van der Waals surface area (Å²) in [5.74, 6) is -0.775. The first-order valence-electron chi connectivity index (χ1n) is 23.4. The van der Waals surface area contributed by atoms with Gasteiger partial charge in [0.15, 0.2) is 0 Å². The second kappa shape index (κ2) is 22.2. The fourth-order valence-electron chi connectivity index (χ4n) is 9.79. The second-order valence-electron chi connectivity index (χ2n) is 18.4. The SMILES string of the molecule is C=CCCOC(=O)N(Cc1ccc(F)cc1)C1CC(=NOC(C)(C)C)C2=CC(CCCCO)C(CCCCO)C3c4cc(Oc5ccc(-c6ccccc6)cc5)ccc4OC1(OCC=C)C23. The molecule has 2 aliphatic carbocycles. The fourth-order valence-corrected chi connectivity index (χ4v) is 9.79. The van der Waals surface area contributed by atoms with E-state index < -0.39 is 35.3 Å². The van der Waals surface area contributed by atoms with Crippen LogP contribution in [-0.4, -0.2) is 70.8 Å². The smallest absolute Gasteiger partial charge is 0.410 e. The molecule has 0 saturated heterocycles. The first-order valence-corrected chi connectivity index (χ1v) is 23.4. The van der Waals surface area contributed by atoms with Crippen molar-refractivity contribution in [2.45, 2.75) is 102 Å². The molecule has 1 amide bonds. The number of hydrogen-bond donors (Lipinski definition) is 2. The molecule has 0 aromatic heterocycles. The van der Waals surface area contributed by atoms with Crippen LogP contribution in [0.3, 0.4) is 0 Å². The molecule has 1 heterocycles. The van der Waals surface area contributed by atoms with E-state index in [-0.39, 0.29) is 57.1 Å². The van der Waals surface area contributed by atoms with Crippen LogP contribution in [0.25, 0.3) is 11.1 Å². The van der Waals surface area contributed by atoms with Crippen LogP contribution in [0.4, 0.5) is 9.18 Å². The fraction of sp³-hybridized carbons (Fsp3) is 0.418. The van der Waals surface area contributed by atoms with Gasteiger partial charge in [-0.1, -0.05) is 90.8 Å². The van der Waals surface area contributed by atoms with Gasteiger partial charge in [0.25, 0.3) is 0 Å². The van der Waals surface area contributed by atoms with Gasteiger partial charge >= 0.3 is 6.09 Å². The highest BCUT2D eigenvalue weighted by Gasteiger charge is 2.65. The van der Waals surface area contributed by atoms with Gasteiger partial charge in [-0.25, -0.2) is 9.18 Å². The maximum absolute atomic E-state index is 14.7. The maximum Gasteiger partial charge on any atom is 0.410 e. The summed E-state index contributed by atoms with van der Waals surface area (Å²) in [6, 6.07) is 29.4. The normalized spacial score (nSPS) is 22.5. The van der Waals surface area contributed by atoms with Crippen molar-refractivity contribution in [1.29, 1.82) is 0 Å². The molecule has 2 N–H and O–H groups in total. The van der Waals surface area contributed by atoms with E-state index in [1.165, 1.54) is 12.1 Å².